The molecule has 0 atom stereocenters. The van der Waals surface area contributed by atoms with E-state index in [9.17, 15) is 14.9 Å². The summed E-state index contributed by atoms with van der Waals surface area (Å²) < 4.78 is 11.5. The Morgan fingerprint density at radius 1 is 1.22 bits per heavy atom. The maximum atomic E-state index is 13.8. The summed E-state index contributed by atoms with van der Waals surface area (Å²) in [4.78, 5) is 37.6. The lowest BCUT2D eigenvalue weighted by atomic mass is 10.1. The van der Waals surface area contributed by atoms with Crippen LogP contribution in [-0.2, 0) is 11.3 Å². The van der Waals surface area contributed by atoms with E-state index in [1.807, 2.05) is 29.2 Å². The molecule has 1 fully saturated rings. The van der Waals surface area contributed by atoms with Crippen LogP contribution in [0.4, 0.5) is 16.5 Å². The fourth-order valence-corrected chi connectivity index (χ4v) is 5.06. The van der Waals surface area contributed by atoms with Crippen molar-refractivity contribution in [3.8, 4) is 5.75 Å². The average molecular weight is 506 g/mol. The van der Waals surface area contributed by atoms with E-state index in [-0.39, 0.29) is 23.7 Å². The average Bonchev–Trinajstić information content (AvgIpc) is 3.35. The van der Waals surface area contributed by atoms with Crippen LogP contribution in [0.1, 0.15) is 15.9 Å². The molecule has 1 aliphatic heterocycles. The zero-order valence-corrected chi connectivity index (χ0v) is 20.3. The van der Waals surface area contributed by atoms with Gasteiger partial charge in [0, 0.05) is 37.1 Å². The van der Waals surface area contributed by atoms with E-state index in [2.05, 4.69) is 9.97 Å². The van der Waals surface area contributed by atoms with Gasteiger partial charge in [-0.15, -0.1) is 0 Å². The molecule has 4 aromatic rings. The number of amides is 1. The van der Waals surface area contributed by atoms with Crippen molar-refractivity contribution < 1.29 is 19.2 Å². The Kier molecular flexibility index (Phi) is 6.74. The summed E-state index contributed by atoms with van der Waals surface area (Å²) >= 11 is 1.35. The van der Waals surface area contributed by atoms with Gasteiger partial charge in [-0.2, -0.15) is 0 Å². The van der Waals surface area contributed by atoms with Crippen LogP contribution in [0, 0.1) is 10.1 Å². The van der Waals surface area contributed by atoms with Crippen molar-refractivity contribution in [1.29, 1.82) is 0 Å². The van der Waals surface area contributed by atoms with Gasteiger partial charge < -0.3 is 14.4 Å². The van der Waals surface area contributed by atoms with Crippen molar-refractivity contribution in [2.75, 3.05) is 43.2 Å². The topological polar surface area (TPSA) is 111 Å². The first-order valence-electron chi connectivity index (χ1n) is 11.3. The number of ether oxygens (including phenoxy) is 2. The van der Waals surface area contributed by atoms with E-state index in [1.165, 1.54) is 22.3 Å². The minimum absolute atomic E-state index is 0.113. The second-order valence-electron chi connectivity index (χ2n) is 8.14. The van der Waals surface area contributed by atoms with Gasteiger partial charge in [-0.05, 0) is 42.0 Å². The Bertz CT molecular complexity index is 1400. The Balaban J connectivity index is 1.54. The second-order valence-corrected chi connectivity index (χ2v) is 9.15. The van der Waals surface area contributed by atoms with Gasteiger partial charge in [0.25, 0.3) is 11.6 Å². The molecular formula is C25H23N5O5S. The molecule has 2 aromatic carbocycles. The summed E-state index contributed by atoms with van der Waals surface area (Å²) in [5, 5.41) is 12.4. The highest BCUT2D eigenvalue weighted by atomic mass is 32.1. The molecule has 0 aliphatic carbocycles. The predicted octanol–water partition coefficient (Wildman–Crippen LogP) is 4.29. The summed E-state index contributed by atoms with van der Waals surface area (Å²) in [6.45, 7) is 2.31. The van der Waals surface area contributed by atoms with Crippen molar-refractivity contribution >= 4 is 44.0 Å². The number of carbonyl (C=O) groups is 1. The van der Waals surface area contributed by atoms with E-state index >= 15 is 0 Å². The number of aromatic nitrogens is 2. The van der Waals surface area contributed by atoms with Crippen LogP contribution in [0.2, 0.25) is 0 Å². The maximum Gasteiger partial charge on any atom is 0.293 e. The lowest BCUT2D eigenvalue weighted by molar-refractivity contribution is -0.384. The van der Waals surface area contributed by atoms with Crippen LogP contribution in [0.3, 0.4) is 0 Å². The highest BCUT2D eigenvalue weighted by Crippen LogP contribution is 2.35. The molecule has 0 radical (unpaired) electrons. The number of nitro groups is 1. The molecule has 1 amide bonds. The zero-order valence-electron chi connectivity index (χ0n) is 19.5. The van der Waals surface area contributed by atoms with Crippen LogP contribution >= 0.6 is 11.3 Å². The van der Waals surface area contributed by atoms with Gasteiger partial charge in [-0.25, -0.2) is 4.98 Å². The first-order valence-corrected chi connectivity index (χ1v) is 12.1. The monoisotopic (exact) mass is 505 g/mol. The molecule has 36 heavy (non-hydrogen) atoms. The summed E-state index contributed by atoms with van der Waals surface area (Å²) in [6, 6.07) is 13.8. The molecule has 0 unspecified atom stereocenters. The second kappa shape index (κ2) is 10.3. The lowest BCUT2D eigenvalue weighted by Gasteiger charge is -2.28. The minimum atomic E-state index is -0.447. The van der Waals surface area contributed by atoms with E-state index in [0.29, 0.717) is 42.9 Å². The van der Waals surface area contributed by atoms with Gasteiger partial charge in [0.1, 0.15) is 11.4 Å². The molecule has 3 heterocycles. The molecule has 0 bridgehead atoms. The molecule has 184 valence electrons. The van der Waals surface area contributed by atoms with Crippen LogP contribution in [0.5, 0.6) is 5.75 Å². The smallest absolute Gasteiger partial charge is 0.293 e. The molecule has 5 rings (SSSR count). The Morgan fingerprint density at radius 2 is 2.06 bits per heavy atom. The van der Waals surface area contributed by atoms with Crippen LogP contribution in [0.15, 0.2) is 60.9 Å². The molecule has 1 aliphatic rings. The van der Waals surface area contributed by atoms with Gasteiger partial charge in [-0.3, -0.25) is 24.8 Å². The normalized spacial score (nSPS) is 13.5. The summed E-state index contributed by atoms with van der Waals surface area (Å²) in [5.41, 5.74) is 2.11. The lowest BCUT2D eigenvalue weighted by Crippen LogP contribution is -2.36. The number of methoxy groups -OCH3 is 1. The number of thiazole rings is 1. The molecule has 11 heteroatoms. The SMILES string of the molecule is COc1ccc2nc(N(Cc3cccnc3)C(=O)c3ccc(N4CCOCC4)c([N+](=O)[O-])c3)sc2c1. The standard InChI is InChI=1S/C25H23N5O5S/c1-34-19-5-6-20-23(14-19)36-25(27-20)29(16-17-3-2-8-26-15-17)24(31)18-4-7-21(22(13-18)30(32)33)28-9-11-35-12-10-28/h2-8,13-15H,9-12,16H2,1H3. The van der Waals surface area contributed by atoms with Gasteiger partial charge in [-0.1, -0.05) is 17.4 Å². The quantitative estimate of drug-likeness (QED) is 0.270. The van der Waals surface area contributed by atoms with Crippen LogP contribution < -0.4 is 14.5 Å². The molecule has 10 nitrogen and oxygen atoms in total. The highest BCUT2D eigenvalue weighted by Gasteiger charge is 2.27. The molecule has 0 saturated carbocycles. The van der Waals surface area contributed by atoms with Crippen molar-refractivity contribution in [3.63, 3.8) is 0 Å². The number of carbonyl (C=O) groups excluding carboxylic acids is 1. The van der Waals surface area contributed by atoms with E-state index in [1.54, 1.807) is 37.7 Å². The third-order valence-corrected chi connectivity index (χ3v) is 6.94. The van der Waals surface area contributed by atoms with Gasteiger partial charge in [0.2, 0.25) is 0 Å². The maximum absolute atomic E-state index is 13.8. The number of hydrogen-bond acceptors (Lipinski definition) is 9. The van der Waals surface area contributed by atoms with Gasteiger partial charge in [0.15, 0.2) is 5.13 Å². The number of fused-ring (bicyclic) bond motifs is 1. The zero-order chi connectivity index (χ0) is 25.1. The summed E-state index contributed by atoms with van der Waals surface area (Å²) in [5.74, 6) is 0.304. The number of anilines is 2. The number of rotatable bonds is 7. The van der Waals surface area contributed by atoms with Crippen LogP contribution in [-0.4, -0.2) is 54.2 Å². The fraction of sp³-hybridized carbons (Fsp3) is 0.240. The number of benzene rings is 2. The Morgan fingerprint density at radius 3 is 2.78 bits per heavy atom. The Hall–Kier alpha value is -4.09. The van der Waals surface area contributed by atoms with Gasteiger partial charge in [0.05, 0.1) is 42.0 Å². The van der Waals surface area contributed by atoms with Crippen LogP contribution in [0.25, 0.3) is 10.2 Å². The minimum Gasteiger partial charge on any atom is -0.497 e. The number of nitrogens with zero attached hydrogens (tertiary/aromatic N) is 5. The fourth-order valence-electron chi connectivity index (χ4n) is 4.07. The van der Waals surface area contributed by atoms with E-state index in [4.69, 9.17) is 9.47 Å². The van der Waals surface area contributed by atoms with E-state index in [0.717, 1.165) is 15.8 Å². The van der Waals surface area contributed by atoms with Crippen molar-refractivity contribution in [1.82, 2.24) is 9.97 Å². The Labute approximate surface area is 210 Å². The number of hydrogen-bond donors (Lipinski definition) is 0. The third-order valence-electron chi connectivity index (χ3n) is 5.89. The number of pyridine rings is 1. The first kappa shape index (κ1) is 23.6. The van der Waals surface area contributed by atoms with Gasteiger partial charge >= 0.3 is 0 Å². The molecule has 0 spiro atoms. The first-order chi connectivity index (χ1) is 17.5. The number of morpholine rings is 1. The van der Waals surface area contributed by atoms with E-state index < -0.39 is 4.92 Å². The highest BCUT2D eigenvalue weighted by molar-refractivity contribution is 7.22. The molecule has 0 N–H and O–H groups in total. The molecular weight excluding hydrogens is 482 g/mol. The largest absolute Gasteiger partial charge is 0.497 e. The molecule has 1 saturated heterocycles. The van der Waals surface area contributed by atoms with Crippen molar-refractivity contribution in [2.24, 2.45) is 0 Å². The number of nitro benzene ring substituents is 1. The third kappa shape index (κ3) is 4.83. The summed E-state index contributed by atoms with van der Waals surface area (Å²) in [6.07, 6.45) is 3.34. The van der Waals surface area contributed by atoms with Crippen molar-refractivity contribution in [3.05, 3.63) is 82.2 Å². The summed E-state index contributed by atoms with van der Waals surface area (Å²) in [7, 11) is 1.59. The van der Waals surface area contributed by atoms with Crippen molar-refractivity contribution in [2.45, 2.75) is 6.54 Å². The molecule has 2 aromatic heterocycles. The predicted molar refractivity (Wildman–Crippen MR) is 137 cm³/mol.